The van der Waals surface area contributed by atoms with Crippen LogP contribution in [0.25, 0.3) is 0 Å². The zero-order valence-corrected chi connectivity index (χ0v) is 9.22. The van der Waals surface area contributed by atoms with Gasteiger partial charge in [0.15, 0.2) is 11.5 Å². The molecule has 88 valence electrons. The summed E-state index contributed by atoms with van der Waals surface area (Å²) >= 11 is 0. The second-order valence-corrected chi connectivity index (χ2v) is 3.02. The van der Waals surface area contributed by atoms with Crippen molar-refractivity contribution < 1.29 is 23.9 Å². The summed E-state index contributed by atoms with van der Waals surface area (Å²) in [6, 6.07) is 4.09. The lowest BCUT2D eigenvalue weighted by Gasteiger charge is -2.08. The molecule has 0 aliphatic carbocycles. The van der Waals surface area contributed by atoms with Gasteiger partial charge in [0.2, 0.25) is 6.08 Å². The van der Waals surface area contributed by atoms with E-state index in [1.165, 1.54) is 38.1 Å². The number of esters is 2. The van der Waals surface area contributed by atoms with Crippen molar-refractivity contribution in [2.45, 2.75) is 13.8 Å². The average molecular weight is 235 g/mol. The maximum absolute atomic E-state index is 10.8. The number of hydrogen-bond donors (Lipinski definition) is 0. The normalized spacial score (nSPS) is 9.06. The van der Waals surface area contributed by atoms with Crippen LogP contribution in [0, 0.1) is 0 Å². The van der Waals surface area contributed by atoms with Crippen LogP contribution in [0.5, 0.6) is 11.5 Å². The van der Waals surface area contributed by atoms with Crippen molar-refractivity contribution in [1.82, 2.24) is 0 Å². The molecule has 0 heterocycles. The minimum atomic E-state index is -0.578. The number of carbonyl (C=O) groups excluding carboxylic acids is 3. The summed E-state index contributed by atoms with van der Waals surface area (Å²) in [6.45, 7) is 2.42. The van der Waals surface area contributed by atoms with Crippen molar-refractivity contribution in [3.05, 3.63) is 18.2 Å². The van der Waals surface area contributed by atoms with Crippen molar-refractivity contribution in [1.29, 1.82) is 0 Å². The van der Waals surface area contributed by atoms with Gasteiger partial charge in [0, 0.05) is 19.9 Å². The van der Waals surface area contributed by atoms with E-state index in [0.29, 0.717) is 0 Å². The molecule has 17 heavy (non-hydrogen) atoms. The van der Waals surface area contributed by atoms with Crippen molar-refractivity contribution >= 4 is 23.7 Å². The van der Waals surface area contributed by atoms with E-state index in [2.05, 4.69) is 4.99 Å². The highest BCUT2D eigenvalue weighted by molar-refractivity contribution is 5.74. The molecule has 1 rings (SSSR count). The highest BCUT2D eigenvalue weighted by Crippen LogP contribution is 2.31. The van der Waals surface area contributed by atoms with Gasteiger partial charge < -0.3 is 9.47 Å². The number of benzene rings is 1. The van der Waals surface area contributed by atoms with Crippen molar-refractivity contribution in [2.75, 3.05) is 0 Å². The second kappa shape index (κ2) is 5.58. The van der Waals surface area contributed by atoms with Gasteiger partial charge in [-0.1, -0.05) is 0 Å². The van der Waals surface area contributed by atoms with E-state index < -0.39 is 11.9 Å². The number of rotatable bonds is 3. The number of carbonyl (C=O) groups is 2. The number of hydrogen-bond acceptors (Lipinski definition) is 6. The second-order valence-electron chi connectivity index (χ2n) is 3.02. The molecule has 0 saturated carbocycles. The average Bonchev–Trinajstić information content (AvgIpc) is 2.21. The summed E-state index contributed by atoms with van der Waals surface area (Å²) in [5, 5.41) is 0. The van der Waals surface area contributed by atoms with Crippen LogP contribution in [-0.2, 0) is 14.4 Å². The topological polar surface area (TPSA) is 82.0 Å². The van der Waals surface area contributed by atoms with Crippen LogP contribution in [0.1, 0.15) is 13.8 Å². The Morgan fingerprint density at radius 3 is 2.24 bits per heavy atom. The van der Waals surface area contributed by atoms with E-state index in [1.54, 1.807) is 0 Å². The SMILES string of the molecule is CC(=O)Oc1ccc(N=C=O)cc1OC(C)=O. The summed E-state index contributed by atoms with van der Waals surface area (Å²) in [7, 11) is 0. The number of nitrogens with zero attached hydrogens (tertiary/aromatic N) is 1. The largest absolute Gasteiger partial charge is 0.423 e. The lowest BCUT2D eigenvalue weighted by molar-refractivity contribution is -0.134. The molecule has 6 heteroatoms. The number of aliphatic imine (C=N–C) groups is 1. The van der Waals surface area contributed by atoms with Crippen LogP contribution < -0.4 is 9.47 Å². The molecular formula is C11H9NO5. The maximum Gasteiger partial charge on any atom is 0.308 e. The predicted molar refractivity (Wildman–Crippen MR) is 56.8 cm³/mol. The van der Waals surface area contributed by atoms with Gasteiger partial charge in [-0.15, -0.1) is 0 Å². The molecule has 0 unspecified atom stereocenters. The Morgan fingerprint density at radius 1 is 1.12 bits per heavy atom. The molecule has 0 fully saturated rings. The Labute approximate surface area is 96.9 Å². The highest BCUT2D eigenvalue weighted by Gasteiger charge is 2.10. The Hall–Kier alpha value is -2.46. The fraction of sp³-hybridized carbons (Fsp3) is 0.182. The van der Waals surface area contributed by atoms with E-state index in [4.69, 9.17) is 9.47 Å². The first-order valence-corrected chi connectivity index (χ1v) is 4.61. The Kier molecular flexibility index (Phi) is 4.14. The summed E-state index contributed by atoms with van der Waals surface area (Å²) in [5.41, 5.74) is 0.243. The minimum Gasteiger partial charge on any atom is -0.423 e. The molecule has 0 spiro atoms. The van der Waals surface area contributed by atoms with Gasteiger partial charge >= 0.3 is 11.9 Å². The van der Waals surface area contributed by atoms with E-state index in [0.717, 1.165) is 0 Å². The fourth-order valence-electron chi connectivity index (χ4n) is 1.09. The maximum atomic E-state index is 10.8. The molecular weight excluding hydrogens is 226 g/mol. The van der Waals surface area contributed by atoms with Gasteiger partial charge in [0.25, 0.3) is 0 Å². The Balaban J connectivity index is 3.15. The summed E-state index contributed by atoms with van der Waals surface area (Å²) in [4.78, 5) is 35.1. The molecule has 0 amide bonds. The molecule has 0 aliphatic rings. The van der Waals surface area contributed by atoms with Gasteiger partial charge in [-0.3, -0.25) is 9.59 Å². The summed E-state index contributed by atoms with van der Waals surface area (Å²) in [6.07, 6.45) is 1.35. The molecule has 0 radical (unpaired) electrons. The first kappa shape index (κ1) is 12.6. The third-order valence-electron chi connectivity index (χ3n) is 1.61. The standard InChI is InChI=1S/C11H9NO5/c1-7(14)16-10-4-3-9(12-6-13)5-11(10)17-8(2)15/h3-5H,1-2H3. The number of isocyanates is 1. The quantitative estimate of drug-likeness (QED) is 0.343. The molecule has 0 aliphatic heterocycles. The molecule has 0 saturated heterocycles. The van der Waals surface area contributed by atoms with Gasteiger partial charge in [-0.25, -0.2) is 4.79 Å². The zero-order valence-electron chi connectivity index (χ0n) is 9.22. The molecule has 0 atom stereocenters. The smallest absolute Gasteiger partial charge is 0.308 e. The first-order chi connectivity index (χ1) is 8.02. The van der Waals surface area contributed by atoms with Crippen molar-refractivity contribution in [3.63, 3.8) is 0 Å². The van der Waals surface area contributed by atoms with Crippen LogP contribution in [0.2, 0.25) is 0 Å². The molecule has 6 nitrogen and oxygen atoms in total. The monoisotopic (exact) mass is 235 g/mol. The van der Waals surface area contributed by atoms with Crippen LogP contribution in [0.3, 0.4) is 0 Å². The molecule has 0 N–H and O–H groups in total. The zero-order chi connectivity index (χ0) is 12.8. The third-order valence-corrected chi connectivity index (χ3v) is 1.61. The first-order valence-electron chi connectivity index (χ1n) is 4.61. The van der Waals surface area contributed by atoms with Gasteiger partial charge in [-0.2, -0.15) is 4.99 Å². The van der Waals surface area contributed by atoms with Gasteiger partial charge in [-0.05, 0) is 12.1 Å². The van der Waals surface area contributed by atoms with E-state index >= 15 is 0 Å². The van der Waals surface area contributed by atoms with Gasteiger partial charge in [0.1, 0.15) is 0 Å². The van der Waals surface area contributed by atoms with Crippen LogP contribution in [0.4, 0.5) is 5.69 Å². The number of ether oxygens (including phenoxy) is 2. The molecule has 1 aromatic rings. The Morgan fingerprint density at radius 2 is 1.71 bits per heavy atom. The van der Waals surface area contributed by atoms with Crippen LogP contribution in [0.15, 0.2) is 23.2 Å². The minimum absolute atomic E-state index is 0.0178. The lowest BCUT2D eigenvalue weighted by Crippen LogP contribution is -2.06. The summed E-state index contributed by atoms with van der Waals surface area (Å²) < 4.78 is 9.65. The third kappa shape index (κ3) is 3.89. The van der Waals surface area contributed by atoms with E-state index in [-0.39, 0.29) is 17.2 Å². The summed E-state index contributed by atoms with van der Waals surface area (Å²) in [5.74, 6) is -1.03. The highest BCUT2D eigenvalue weighted by atomic mass is 16.6. The predicted octanol–water partition coefficient (Wildman–Crippen LogP) is 1.50. The van der Waals surface area contributed by atoms with E-state index in [1.807, 2.05) is 0 Å². The molecule has 0 bridgehead atoms. The lowest BCUT2D eigenvalue weighted by atomic mass is 10.3. The van der Waals surface area contributed by atoms with Crippen LogP contribution in [-0.4, -0.2) is 18.0 Å². The fourth-order valence-corrected chi connectivity index (χ4v) is 1.09. The van der Waals surface area contributed by atoms with Crippen molar-refractivity contribution in [3.8, 4) is 11.5 Å². The van der Waals surface area contributed by atoms with Gasteiger partial charge in [0.05, 0.1) is 5.69 Å². The van der Waals surface area contributed by atoms with Crippen molar-refractivity contribution in [2.24, 2.45) is 4.99 Å². The van der Waals surface area contributed by atoms with Crippen LogP contribution >= 0.6 is 0 Å². The molecule has 0 aromatic heterocycles. The van der Waals surface area contributed by atoms with E-state index in [9.17, 15) is 14.4 Å². The molecule has 1 aromatic carbocycles. The Bertz CT molecular complexity index is 503.